The summed E-state index contributed by atoms with van der Waals surface area (Å²) in [6, 6.07) is 4.03. The van der Waals surface area contributed by atoms with E-state index in [4.69, 9.17) is 0 Å². The Morgan fingerprint density at radius 2 is 2.26 bits per heavy atom. The Balaban J connectivity index is 1.67. The van der Waals surface area contributed by atoms with Gasteiger partial charge in [0.05, 0.1) is 6.54 Å². The summed E-state index contributed by atoms with van der Waals surface area (Å²) in [5, 5.41) is 5.00. The van der Waals surface area contributed by atoms with Crippen LogP contribution in [0.25, 0.3) is 0 Å². The van der Waals surface area contributed by atoms with Gasteiger partial charge in [-0.3, -0.25) is 4.79 Å². The van der Waals surface area contributed by atoms with Gasteiger partial charge in [-0.2, -0.15) is 0 Å². The second kappa shape index (κ2) is 9.55. The molecule has 0 spiro atoms. The molecular formula is C17H27N3O2S. The maximum atomic E-state index is 12.2. The van der Waals surface area contributed by atoms with Crippen LogP contribution in [0.1, 0.15) is 43.9 Å². The molecule has 1 fully saturated rings. The Morgan fingerprint density at radius 1 is 1.39 bits per heavy atom. The van der Waals surface area contributed by atoms with Gasteiger partial charge in [0.2, 0.25) is 5.91 Å². The predicted molar refractivity (Wildman–Crippen MR) is 93.5 cm³/mol. The first-order chi connectivity index (χ1) is 11.2. The number of rotatable bonds is 7. The van der Waals surface area contributed by atoms with Crippen molar-refractivity contribution in [3.8, 4) is 0 Å². The van der Waals surface area contributed by atoms with Crippen LogP contribution in [0.4, 0.5) is 4.79 Å². The van der Waals surface area contributed by atoms with Crippen LogP contribution in [0.2, 0.25) is 0 Å². The van der Waals surface area contributed by atoms with Crippen molar-refractivity contribution in [3.05, 3.63) is 22.4 Å². The number of nitrogens with zero attached hydrogens (tertiary/aromatic N) is 2. The van der Waals surface area contributed by atoms with Gasteiger partial charge in [0.1, 0.15) is 0 Å². The minimum atomic E-state index is -0.0249. The molecule has 5 nitrogen and oxygen atoms in total. The van der Waals surface area contributed by atoms with E-state index in [0.29, 0.717) is 26.1 Å². The van der Waals surface area contributed by atoms with Gasteiger partial charge >= 0.3 is 6.03 Å². The van der Waals surface area contributed by atoms with Crippen LogP contribution >= 0.6 is 11.3 Å². The number of amides is 3. The molecule has 0 saturated carbocycles. The van der Waals surface area contributed by atoms with Gasteiger partial charge in [0.25, 0.3) is 0 Å². The summed E-state index contributed by atoms with van der Waals surface area (Å²) >= 11 is 1.67. The fourth-order valence-corrected chi connectivity index (χ4v) is 3.49. The Kier molecular flexibility index (Phi) is 7.39. The molecule has 0 atom stereocenters. The first-order valence-electron chi connectivity index (χ1n) is 8.53. The average Bonchev–Trinajstić information content (AvgIpc) is 2.98. The van der Waals surface area contributed by atoms with Crippen molar-refractivity contribution in [1.29, 1.82) is 0 Å². The summed E-state index contributed by atoms with van der Waals surface area (Å²) in [6.07, 6.45) is 4.75. The monoisotopic (exact) mass is 337 g/mol. The van der Waals surface area contributed by atoms with E-state index in [0.717, 1.165) is 38.8 Å². The van der Waals surface area contributed by atoms with Gasteiger partial charge in [-0.25, -0.2) is 4.79 Å². The summed E-state index contributed by atoms with van der Waals surface area (Å²) in [7, 11) is 0. The molecule has 3 amide bonds. The predicted octanol–water partition coefficient (Wildman–Crippen LogP) is 3.07. The number of hydrogen-bond donors (Lipinski definition) is 1. The van der Waals surface area contributed by atoms with Gasteiger partial charge in [-0.05, 0) is 37.6 Å². The van der Waals surface area contributed by atoms with E-state index < -0.39 is 0 Å². The highest BCUT2D eigenvalue weighted by Crippen LogP contribution is 2.12. The number of hydrogen-bond acceptors (Lipinski definition) is 3. The van der Waals surface area contributed by atoms with Crippen LogP contribution in [-0.4, -0.2) is 47.9 Å². The lowest BCUT2D eigenvalue weighted by atomic mass is 10.2. The molecule has 0 aromatic carbocycles. The van der Waals surface area contributed by atoms with E-state index >= 15 is 0 Å². The zero-order valence-corrected chi connectivity index (χ0v) is 14.7. The van der Waals surface area contributed by atoms with Crippen LogP contribution in [0.3, 0.4) is 0 Å². The summed E-state index contributed by atoms with van der Waals surface area (Å²) in [6.45, 7) is 5.56. The van der Waals surface area contributed by atoms with E-state index in [2.05, 4.69) is 5.32 Å². The van der Waals surface area contributed by atoms with E-state index in [-0.39, 0.29) is 11.9 Å². The van der Waals surface area contributed by atoms with E-state index in [9.17, 15) is 9.59 Å². The minimum Gasteiger partial charge on any atom is -0.343 e. The number of nitrogens with one attached hydrogen (secondary N) is 1. The van der Waals surface area contributed by atoms with Crippen LogP contribution in [0, 0.1) is 0 Å². The number of urea groups is 1. The van der Waals surface area contributed by atoms with E-state index in [1.807, 2.05) is 34.2 Å². The van der Waals surface area contributed by atoms with Crippen molar-refractivity contribution in [2.45, 2.75) is 45.6 Å². The maximum absolute atomic E-state index is 12.2. The molecule has 1 aromatic rings. The average molecular weight is 337 g/mol. The van der Waals surface area contributed by atoms with E-state index in [1.165, 1.54) is 4.88 Å². The van der Waals surface area contributed by atoms with Crippen molar-refractivity contribution in [2.75, 3.05) is 26.2 Å². The second-order valence-corrected chi connectivity index (χ2v) is 6.90. The molecule has 128 valence electrons. The zero-order valence-electron chi connectivity index (χ0n) is 13.9. The fourth-order valence-electron chi connectivity index (χ4n) is 2.77. The van der Waals surface area contributed by atoms with Crippen molar-refractivity contribution in [3.63, 3.8) is 0 Å². The molecule has 6 heteroatoms. The first kappa shape index (κ1) is 17.8. The molecule has 23 heavy (non-hydrogen) atoms. The van der Waals surface area contributed by atoms with Crippen LogP contribution in [0.15, 0.2) is 17.5 Å². The number of thiophene rings is 1. The quantitative estimate of drug-likeness (QED) is 0.778. The topological polar surface area (TPSA) is 52.7 Å². The fraction of sp³-hybridized carbons (Fsp3) is 0.647. The van der Waals surface area contributed by atoms with Crippen LogP contribution in [-0.2, 0) is 11.3 Å². The Bertz CT molecular complexity index is 490. The largest absolute Gasteiger partial charge is 0.343 e. The highest BCUT2D eigenvalue weighted by Gasteiger charge is 2.16. The Labute approximate surface area is 142 Å². The number of carbonyl (C=O) groups is 2. The maximum Gasteiger partial charge on any atom is 0.317 e. The lowest BCUT2D eigenvalue weighted by Crippen LogP contribution is -2.40. The molecule has 1 saturated heterocycles. The normalized spacial score (nSPS) is 15.3. The second-order valence-electron chi connectivity index (χ2n) is 5.87. The molecule has 1 aliphatic rings. The molecule has 0 unspecified atom stereocenters. The van der Waals surface area contributed by atoms with Gasteiger partial charge in [-0.15, -0.1) is 11.3 Å². The first-order valence-corrected chi connectivity index (χ1v) is 9.41. The summed E-state index contributed by atoms with van der Waals surface area (Å²) in [5.74, 6) is 0.265. The Morgan fingerprint density at radius 3 is 3.00 bits per heavy atom. The van der Waals surface area contributed by atoms with Crippen molar-refractivity contribution < 1.29 is 9.59 Å². The molecule has 0 bridgehead atoms. The molecule has 2 rings (SSSR count). The van der Waals surface area contributed by atoms with Crippen molar-refractivity contribution in [2.24, 2.45) is 0 Å². The third-order valence-corrected chi connectivity index (χ3v) is 5.01. The Hall–Kier alpha value is -1.56. The SMILES string of the molecule is CCN(Cc1cccs1)C(=O)NCCCN1CCCCCC1=O. The van der Waals surface area contributed by atoms with Gasteiger partial charge in [-0.1, -0.05) is 12.5 Å². The van der Waals surface area contributed by atoms with Crippen molar-refractivity contribution in [1.82, 2.24) is 15.1 Å². The summed E-state index contributed by atoms with van der Waals surface area (Å²) < 4.78 is 0. The number of likely N-dealkylation sites (tertiary alicyclic amines) is 1. The van der Waals surface area contributed by atoms with Crippen LogP contribution in [0.5, 0.6) is 0 Å². The highest BCUT2D eigenvalue weighted by molar-refractivity contribution is 7.09. The van der Waals surface area contributed by atoms with Crippen LogP contribution < -0.4 is 5.32 Å². The van der Waals surface area contributed by atoms with Crippen molar-refractivity contribution >= 4 is 23.3 Å². The lowest BCUT2D eigenvalue weighted by molar-refractivity contribution is -0.130. The standard InChI is InChI=1S/C17H27N3O2S/c1-2-19(14-15-8-6-13-23-15)17(22)18-10-7-12-20-11-5-3-4-9-16(20)21/h6,8,13H,2-5,7,9-12,14H2,1H3,(H,18,22). The van der Waals surface area contributed by atoms with Gasteiger partial charge < -0.3 is 15.1 Å². The minimum absolute atomic E-state index is 0.0249. The zero-order chi connectivity index (χ0) is 16.5. The molecule has 2 heterocycles. The third-order valence-electron chi connectivity index (χ3n) is 4.15. The smallest absolute Gasteiger partial charge is 0.317 e. The van der Waals surface area contributed by atoms with Gasteiger partial charge in [0.15, 0.2) is 0 Å². The molecular weight excluding hydrogens is 310 g/mol. The molecule has 1 aromatic heterocycles. The molecule has 0 radical (unpaired) electrons. The highest BCUT2D eigenvalue weighted by atomic mass is 32.1. The summed E-state index contributed by atoms with van der Waals surface area (Å²) in [4.78, 5) is 29.1. The molecule has 1 N–H and O–H groups in total. The number of carbonyl (C=O) groups excluding carboxylic acids is 2. The molecule has 0 aliphatic carbocycles. The summed E-state index contributed by atoms with van der Waals surface area (Å²) in [5.41, 5.74) is 0. The lowest BCUT2D eigenvalue weighted by Gasteiger charge is -2.22. The van der Waals surface area contributed by atoms with E-state index in [1.54, 1.807) is 11.3 Å². The third kappa shape index (κ3) is 5.86. The molecule has 1 aliphatic heterocycles. The van der Waals surface area contributed by atoms with Gasteiger partial charge in [0, 0.05) is 37.5 Å².